The molecule has 0 radical (unpaired) electrons. The van der Waals surface area contributed by atoms with Crippen molar-refractivity contribution < 1.29 is 9.53 Å². The number of amides is 1. The Morgan fingerprint density at radius 3 is 3.12 bits per heavy atom. The highest BCUT2D eigenvalue weighted by molar-refractivity contribution is 9.10. The predicted molar refractivity (Wildman–Crippen MR) is 69.5 cm³/mol. The summed E-state index contributed by atoms with van der Waals surface area (Å²) in [7, 11) is 0. The third kappa shape index (κ3) is 3.82. The molecule has 0 spiro atoms. The van der Waals surface area contributed by atoms with E-state index in [9.17, 15) is 4.79 Å². The van der Waals surface area contributed by atoms with Gasteiger partial charge in [0.05, 0.1) is 12.5 Å². The number of nitrogens with one attached hydrogen (secondary N) is 1. The summed E-state index contributed by atoms with van der Waals surface area (Å²) >= 11 is 3.41. The lowest BCUT2D eigenvalue weighted by atomic mass is 10.0. The molecule has 1 N–H and O–H groups in total. The van der Waals surface area contributed by atoms with E-state index < -0.39 is 0 Å². The maximum Gasteiger partial charge on any atom is 0.225 e. The fourth-order valence-corrected chi connectivity index (χ4v) is 2.37. The molecule has 17 heavy (non-hydrogen) atoms. The van der Waals surface area contributed by atoms with Crippen LogP contribution in [0.2, 0.25) is 0 Å². The van der Waals surface area contributed by atoms with Gasteiger partial charge in [-0.15, -0.1) is 0 Å². The van der Waals surface area contributed by atoms with E-state index in [-0.39, 0.29) is 11.8 Å². The van der Waals surface area contributed by atoms with Gasteiger partial charge in [0.15, 0.2) is 0 Å². The van der Waals surface area contributed by atoms with Crippen LogP contribution in [0.4, 0.5) is 0 Å². The Balaban J connectivity index is 1.83. The van der Waals surface area contributed by atoms with E-state index in [0.29, 0.717) is 13.2 Å². The predicted octanol–water partition coefficient (Wildman–Crippen LogP) is 2.49. The molecule has 1 saturated heterocycles. The van der Waals surface area contributed by atoms with Crippen molar-refractivity contribution in [1.82, 2.24) is 5.32 Å². The minimum atomic E-state index is 0.0240. The number of carbonyl (C=O) groups is 1. The molecule has 0 aromatic heterocycles. The normalized spacial score (nSPS) is 19.9. The third-order valence-electron chi connectivity index (χ3n) is 2.89. The first kappa shape index (κ1) is 12.6. The number of ether oxygens (including phenoxy) is 1. The van der Waals surface area contributed by atoms with Gasteiger partial charge >= 0.3 is 0 Å². The zero-order valence-corrected chi connectivity index (χ0v) is 11.2. The molecule has 1 unspecified atom stereocenters. The Labute approximate surface area is 110 Å². The van der Waals surface area contributed by atoms with E-state index in [0.717, 1.165) is 29.5 Å². The number of carbonyl (C=O) groups excluding carboxylic acids is 1. The van der Waals surface area contributed by atoms with Gasteiger partial charge in [0, 0.05) is 17.6 Å². The number of benzene rings is 1. The van der Waals surface area contributed by atoms with E-state index in [2.05, 4.69) is 21.2 Å². The lowest BCUT2D eigenvalue weighted by molar-refractivity contribution is -0.129. The molecule has 1 aliphatic rings. The molecule has 1 fully saturated rings. The highest BCUT2D eigenvalue weighted by atomic mass is 79.9. The van der Waals surface area contributed by atoms with E-state index in [1.807, 2.05) is 24.3 Å². The Bertz CT molecular complexity index is 389. The Morgan fingerprint density at radius 1 is 1.53 bits per heavy atom. The average molecular weight is 298 g/mol. The average Bonchev–Trinajstić information content (AvgIpc) is 2.37. The number of rotatable bonds is 3. The monoisotopic (exact) mass is 297 g/mol. The molecule has 1 atom stereocenters. The molecule has 4 heteroatoms. The fraction of sp³-hybridized carbons (Fsp3) is 0.462. The highest BCUT2D eigenvalue weighted by Crippen LogP contribution is 2.14. The minimum Gasteiger partial charge on any atom is -0.381 e. The topological polar surface area (TPSA) is 38.3 Å². The summed E-state index contributed by atoms with van der Waals surface area (Å²) < 4.78 is 6.34. The number of halogens is 1. The van der Waals surface area contributed by atoms with Crippen LogP contribution in [0.15, 0.2) is 28.7 Å². The molecule has 1 aromatic rings. The quantitative estimate of drug-likeness (QED) is 0.931. The summed E-state index contributed by atoms with van der Waals surface area (Å²) in [6.07, 6.45) is 1.92. The van der Waals surface area contributed by atoms with Crippen molar-refractivity contribution in [2.24, 2.45) is 5.92 Å². The fourth-order valence-electron chi connectivity index (χ4n) is 1.93. The summed E-state index contributed by atoms with van der Waals surface area (Å²) in [5, 5.41) is 2.96. The van der Waals surface area contributed by atoms with Crippen LogP contribution in [0, 0.1) is 5.92 Å². The molecular formula is C13H16BrNO2. The van der Waals surface area contributed by atoms with Crippen LogP contribution in [-0.2, 0) is 16.1 Å². The van der Waals surface area contributed by atoms with Crippen molar-refractivity contribution in [2.75, 3.05) is 13.2 Å². The van der Waals surface area contributed by atoms with Crippen molar-refractivity contribution in [2.45, 2.75) is 19.4 Å². The Hall–Kier alpha value is -0.870. The Morgan fingerprint density at radius 2 is 2.41 bits per heavy atom. The smallest absolute Gasteiger partial charge is 0.225 e. The van der Waals surface area contributed by atoms with Gasteiger partial charge in [-0.3, -0.25) is 4.79 Å². The summed E-state index contributed by atoms with van der Waals surface area (Å²) in [6.45, 7) is 1.93. The van der Waals surface area contributed by atoms with Gasteiger partial charge in [-0.2, -0.15) is 0 Å². The second kappa shape index (κ2) is 6.17. The third-order valence-corrected chi connectivity index (χ3v) is 3.38. The highest BCUT2D eigenvalue weighted by Gasteiger charge is 2.21. The molecule has 1 heterocycles. The van der Waals surface area contributed by atoms with E-state index in [1.165, 1.54) is 0 Å². The molecule has 3 nitrogen and oxygen atoms in total. The summed E-state index contributed by atoms with van der Waals surface area (Å²) in [5.74, 6) is 0.126. The van der Waals surface area contributed by atoms with Gasteiger partial charge in [-0.05, 0) is 30.5 Å². The van der Waals surface area contributed by atoms with Crippen molar-refractivity contribution in [3.05, 3.63) is 34.3 Å². The number of hydrogen-bond donors (Lipinski definition) is 1. The van der Waals surface area contributed by atoms with Gasteiger partial charge in [-0.25, -0.2) is 0 Å². The van der Waals surface area contributed by atoms with Crippen molar-refractivity contribution >= 4 is 21.8 Å². The van der Waals surface area contributed by atoms with Crippen LogP contribution >= 0.6 is 15.9 Å². The van der Waals surface area contributed by atoms with Gasteiger partial charge in [0.1, 0.15) is 0 Å². The first-order valence-corrected chi connectivity index (χ1v) is 6.65. The van der Waals surface area contributed by atoms with E-state index >= 15 is 0 Å². The SMILES string of the molecule is O=C(NCc1cccc(Br)c1)C1CCCOC1. The van der Waals surface area contributed by atoms with Crippen LogP contribution in [0.25, 0.3) is 0 Å². The Kier molecular flexibility index (Phi) is 4.57. The van der Waals surface area contributed by atoms with E-state index in [1.54, 1.807) is 0 Å². The van der Waals surface area contributed by atoms with Crippen LogP contribution in [0.1, 0.15) is 18.4 Å². The van der Waals surface area contributed by atoms with Crippen molar-refractivity contribution in [3.8, 4) is 0 Å². The largest absolute Gasteiger partial charge is 0.381 e. The molecule has 0 bridgehead atoms. The molecule has 0 saturated carbocycles. The lowest BCUT2D eigenvalue weighted by Gasteiger charge is -2.21. The first-order chi connectivity index (χ1) is 8.25. The maximum absolute atomic E-state index is 11.9. The van der Waals surface area contributed by atoms with Gasteiger partial charge < -0.3 is 10.1 Å². The van der Waals surface area contributed by atoms with Crippen LogP contribution in [0.5, 0.6) is 0 Å². The zero-order chi connectivity index (χ0) is 12.1. The van der Waals surface area contributed by atoms with Gasteiger partial charge in [-0.1, -0.05) is 28.1 Å². The van der Waals surface area contributed by atoms with Crippen LogP contribution < -0.4 is 5.32 Å². The standard InChI is InChI=1S/C13H16BrNO2/c14-12-5-1-3-10(7-12)8-15-13(16)11-4-2-6-17-9-11/h1,3,5,7,11H,2,4,6,8-9H2,(H,15,16). The second-order valence-electron chi connectivity index (χ2n) is 4.26. The molecular weight excluding hydrogens is 282 g/mol. The maximum atomic E-state index is 11.9. The lowest BCUT2D eigenvalue weighted by Crippen LogP contribution is -2.35. The van der Waals surface area contributed by atoms with Gasteiger partial charge in [0.2, 0.25) is 5.91 Å². The summed E-state index contributed by atoms with van der Waals surface area (Å²) in [4.78, 5) is 11.9. The summed E-state index contributed by atoms with van der Waals surface area (Å²) in [6, 6.07) is 7.95. The molecule has 92 valence electrons. The van der Waals surface area contributed by atoms with Crippen molar-refractivity contribution in [1.29, 1.82) is 0 Å². The first-order valence-electron chi connectivity index (χ1n) is 5.85. The molecule has 1 amide bonds. The molecule has 0 aliphatic carbocycles. The van der Waals surface area contributed by atoms with Crippen LogP contribution in [0.3, 0.4) is 0 Å². The van der Waals surface area contributed by atoms with Crippen LogP contribution in [-0.4, -0.2) is 19.1 Å². The van der Waals surface area contributed by atoms with Crippen molar-refractivity contribution in [3.63, 3.8) is 0 Å². The minimum absolute atomic E-state index is 0.0240. The zero-order valence-electron chi connectivity index (χ0n) is 9.62. The molecule has 1 aromatic carbocycles. The summed E-state index contributed by atoms with van der Waals surface area (Å²) in [5.41, 5.74) is 1.10. The number of hydrogen-bond acceptors (Lipinski definition) is 2. The van der Waals surface area contributed by atoms with Gasteiger partial charge in [0.25, 0.3) is 0 Å². The molecule has 2 rings (SSSR count). The van der Waals surface area contributed by atoms with E-state index in [4.69, 9.17) is 4.74 Å². The molecule has 1 aliphatic heterocycles. The second-order valence-corrected chi connectivity index (χ2v) is 5.18.